The predicted molar refractivity (Wildman–Crippen MR) is 59.0 cm³/mol. The molecule has 0 aromatic carbocycles. The molecule has 15 heavy (non-hydrogen) atoms. The van der Waals surface area contributed by atoms with E-state index in [1.807, 2.05) is 0 Å². The van der Waals surface area contributed by atoms with Gasteiger partial charge in [-0.1, -0.05) is 6.92 Å². The molecule has 0 bridgehead atoms. The molecule has 0 aliphatic carbocycles. The van der Waals surface area contributed by atoms with Crippen LogP contribution < -0.4 is 0 Å². The maximum absolute atomic E-state index is 11.2. The molecule has 0 rings (SSSR count). The van der Waals surface area contributed by atoms with Crippen molar-refractivity contribution >= 4 is 32.9 Å². The summed E-state index contributed by atoms with van der Waals surface area (Å²) < 4.78 is 54.9. The zero-order chi connectivity index (χ0) is 12.1. The molecule has 0 heterocycles. The van der Waals surface area contributed by atoms with Crippen molar-refractivity contribution in [1.82, 2.24) is 0 Å². The average Bonchev–Trinajstić information content (AvgIpc) is 2.09. The van der Waals surface area contributed by atoms with Crippen LogP contribution in [0, 0.1) is 0 Å². The minimum atomic E-state index is -4.06. The van der Waals surface area contributed by atoms with Gasteiger partial charge in [0.25, 0.3) is 20.2 Å². The molecule has 0 fully saturated rings. The van der Waals surface area contributed by atoms with E-state index in [9.17, 15) is 16.8 Å². The third-order valence-electron chi connectivity index (χ3n) is 1.48. The van der Waals surface area contributed by atoms with Crippen molar-refractivity contribution in [2.24, 2.45) is 0 Å². The highest BCUT2D eigenvalue weighted by molar-refractivity contribution is 8.02. The zero-order valence-electron chi connectivity index (χ0n) is 8.16. The van der Waals surface area contributed by atoms with Gasteiger partial charge in [0.15, 0.2) is 0 Å². The van der Waals surface area contributed by atoms with Gasteiger partial charge >= 0.3 is 0 Å². The van der Waals surface area contributed by atoms with Gasteiger partial charge in [-0.05, 0) is 12.8 Å². The lowest BCUT2D eigenvalue weighted by Gasteiger charge is -2.09. The molecule has 9 heteroatoms. The fourth-order valence-electron chi connectivity index (χ4n) is 0.699. The summed E-state index contributed by atoms with van der Waals surface area (Å²) in [6.45, 7) is 1.36. The highest BCUT2D eigenvalue weighted by atomic mass is 32.3. The molecule has 0 saturated heterocycles. The average molecular weight is 278 g/mol. The molecule has 0 spiro atoms. The van der Waals surface area contributed by atoms with E-state index >= 15 is 0 Å². The lowest BCUT2D eigenvalue weighted by Crippen LogP contribution is -2.19. The standard InChI is InChI=1S/C6H14O6S3/c1-2-6(13)15(10,11)12-4-3-5-14(7,8)9/h6,13H,2-5H2,1H3,(H,7,8,9). The van der Waals surface area contributed by atoms with Gasteiger partial charge in [0.2, 0.25) is 0 Å². The Kier molecular flexibility index (Phi) is 6.11. The van der Waals surface area contributed by atoms with Crippen LogP contribution in [0.2, 0.25) is 0 Å². The molecule has 0 saturated carbocycles. The van der Waals surface area contributed by atoms with Crippen LogP contribution in [0.15, 0.2) is 0 Å². The van der Waals surface area contributed by atoms with E-state index < -0.39 is 30.6 Å². The van der Waals surface area contributed by atoms with Crippen molar-refractivity contribution in [3.8, 4) is 0 Å². The fraction of sp³-hybridized carbons (Fsp3) is 1.00. The zero-order valence-corrected chi connectivity index (χ0v) is 10.7. The monoisotopic (exact) mass is 278 g/mol. The summed E-state index contributed by atoms with van der Waals surface area (Å²) >= 11 is 3.79. The molecule has 1 atom stereocenters. The number of thiol groups is 1. The Morgan fingerprint density at radius 3 is 2.27 bits per heavy atom. The highest BCUT2D eigenvalue weighted by Crippen LogP contribution is 2.12. The van der Waals surface area contributed by atoms with Crippen molar-refractivity contribution in [3.63, 3.8) is 0 Å². The maximum atomic E-state index is 11.2. The minimum absolute atomic E-state index is 0.0811. The SMILES string of the molecule is CCC(S)S(=O)(=O)OCCCS(=O)(=O)O. The fourth-order valence-corrected chi connectivity index (χ4v) is 2.28. The highest BCUT2D eigenvalue weighted by Gasteiger charge is 2.20. The van der Waals surface area contributed by atoms with Crippen LogP contribution in [-0.2, 0) is 24.4 Å². The molecule has 6 nitrogen and oxygen atoms in total. The van der Waals surface area contributed by atoms with Gasteiger partial charge in [-0.15, -0.1) is 0 Å². The third kappa shape index (κ3) is 7.12. The van der Waals surface area contributed by atoms with Crippen LogP contribution in [0.3, 0.4) is 0 Å². The summed E-state index contributed by atoms with van der Waals surface area (Å²) in [4.78, 5) is 0. The number of hydrogen-bond donors (Lipinski definition) is 2. The van der Waals surface area contributed by atoms with Crippen molar-refractivity contribution in [1.29, 1.82) is 0 Å². The first-order valence-corrected chi connectivity index (χ1v) is 7.80. The summed E-state index contributed by atoms with van der Waals surface area (Å²) in [7, 11) is -7.80. The van der Waals surface area contributed by atoms with Gasteiger partial charge in [0, 0.05) is 0 Å². The van der Waals surface area contributed by atoms with Crippen LogP contribution in [0.5, 0.6) is 0 Å². The Bertz CT molecular complexity index is 370. The summed E-state index contributed by atoms with van der Waals surface area (Å²) in [5.41, 5.74) is 0. The first-order chi connectivity index (χ1) is 6.69. The molecule has 0 radical (unpaired) electrons. The quantitative estimate of drug-likeness (QED) is 0.300. The second-order valence-corrected chi connectivity index (χ2v) is 7.15. The molecule has 1 unspecified atom stereocenters. The van der Waals surface area contributed by atoms with Crippen LogP contribution in [0.4, 0.5) is 0 Å². The van der Waals surface area contributed by atoms with E-state index in [4.69, 9.17) is 4.55 Å². The molecule has 92 valence electrons. The van der Waals surface area contributed by atoms with E-state index in [2.05, 4.69) is 16.8 Å². The van der Waals surface area contributed by atoms with Gasteiger partial charge in [-0.3, -0.25) is 8.74 Å². The molecule has 0 aliphatic heterocycles. The van der Waals surface area contributed by atoms with Crippen LogP contribution in [0.25, 0.3) is 0 Å². The molecule has 0 amide bonds. The molecule has 1 N–H and O–H groups in total. The lowest BCUT2D eigenvalue weighted by molar-refractivity contribution is 0.315. The Balaban J connectivity index is 3.97. The first-order valence-electron chi connectivity index (χ1n) is 4.20. The molecule has 0 aliphatic rings. The Morgan fingerprint density at radius 1 is 1.33 bits per heavy atom. The third-order valence-corrected chi connectivity index (χ3v) is 4.92. The lowest BCUT2D eigenvalue weighted by atomic mass is 10.5. The van der Waals surface area contributed by atoms with Crippen molar-refractivity contribution in [3.05, 3.63) is 0 Å². The van der Waals surface area contributed by atoms with E-state index in [1.54, 1.807) is 6.92 Å². The summed E-state index contributed by atoms with van der Waals surface area (Å²) in [5, 5.41) is 0. The van der Waals surface area contributed by atoms with Gasteiger partial charge in [-0.2, -0.15) is 29.5 Å². The van der Waals surface area contributed by atoms with Gasteiger partial charge < -0.3 is 0 Å². The summed E-state index contributed by atoms with van der Waals surface area (Å²) in [6.07, 6.45) is 0.214. The largest absolute Gasteiger partial charge is 0.286 e. The Hall–Kier alpha value is 0.170. The van der Waals surface area contributed by atoms with Crippen molar-refractivity contribution in [2.75, 3.05) is 12.4 Å². The van der Waals surface area contributed by atoms with Crippen LogP contribution in [-0.4, -0.2) is 38.3 Å². The van der Waals surface area contributed by atoms with Crippen LogP contribution in [0.1, 0.15) is 19.8 Å². The minimum Gasteiger partial charge on any atom is -0.286 e. The van der Waals surface area contributed by atoms with Gasteiger partial charge in [0.1, 0.15) is 4.58 Å². The second kappa shape index (κ2) is 6.04. The predicted octanol–water partition coefficient (Wildman–Crippen LogP) is 0.277. The van der Waals surface area contributed by atoms with Crippen molar-refractivity contribution < 1.29 is 25.6 Å². The molecule has 0 aromatic rings. The molecular formula is C6H14O6S3. The first kappa shape index (κ1) is 15.2. The van der Waals surface area contributed by atoms with E-state index in [0.717, 1.165) is 0 Å². The van der Waals surface area contributed by atoms with E-state index in [0.29, 0.717) is 6.42 Å². The number of rotatable bonds is 7. The second-order valence-electron chi connectivity index (χ2n) is 2.82. The molecule has 0 aromatic heterocycles. The van der Waals surface area contributed by atoms with Gasteiger partial charge in [0.05, 0.1) is 12.4 Å². The van der Waals surface area contributed by atoms with E-state index in [-0.39, 0.29) is 13.0 Å². The normalized spacial score (nSPS) is 15.1. The Labute approximate surface area is 95.3 Å². The van der Waals surface area contributed by atoms with E-state index in [1.165, 1.54) is 0 Å². The summed E-state index contributed by atoms with van der Waals surface area (Å²) in [5.74, 6) is -0.522. The topological polar surface area (TPSA) is 97.7 Å². The Morgan fingerprint density at radius 2 is 1.87 bits per heavy atom. The van der Waals surface area contributed by atoms with Gasteiger partial charge in [-0.25, -0.2) is 0 Å². The summed E-state index contributed by atoms with van der Waals surface area (Å²) in [6, 6.07) is 0. The van der Waals surface area contributed by atoms with Crippen LogP contribution >= 0.6 is 12.6 Å². The smallest absolute Gasteiger partial charge is 0.279 e. The maximum Gasteiger partial charge on any atom is 0.279 e. The molecular weight excluding hydrogens is 264 g/mol. The number of hydrogen-bond acceptors (Lipinski definition) is 6. The van der Waals surface area contributed by atoms with Crippen molar-refractivity contribution in [2.45, 2.75) is 24.3 Å².